The van der Waals surface area contributed by atoms with E-state index in [0.717, 1.165) is 24.8 Å². The van der Waals surface area contributed by atoms with E-state index < -0.39 is 0 Å². The van der Waals surface area contributed by atoms with Gasteiger partial charge < -0.3 is 10.2 Å². The van der Waals surface area contributed by atoms with Crippen molar-refractivity contribution in [3.63, 3.8) is 0 Å². The fourth-order valence-electron chi connectivity index (χ4n) is 3.35. The van der Waals surface area contributed by atoms with Crippen LogP contribution in [0, 0.1) is 0 Å². The third kappa shape index (κ3) is 8.24. The van der Waals surface area contributed by atoms with Crippen molar-refractivity contribution in [1.29, 1.82) is 0 Å². The zero-order valence-corrected chi connectivity index (χ0v) is 18.4. The van der Waals surface area contributed by atoms with Crippen molar-refractivity contribution in [3.05, 3.63) is 46.6 Å². The highest BCUT2D eigenvalue weighted by molar-refractivity contribution is 5.49. The summed E-state index contributed by atoms with van der Waals surface area (Å²) in [5, 5.41) is 21.0. The van der Waals surface area contributed by atoms with E-state index in [1.807, 2.05) is 12.1 Å². The van der Waals surface area contributed by atoms with Crippen LogP contribution in [0.2, 0.25) is 0 Å². The molecule has 2 heteroatoms. The minimum atomic E-state index is -0.0443. The van der Waals surface area contributed by atoms with Gasteiger partial charge in [-0.25, -0.2) is 0 Å². The van der Waals surface area contributed by atoms with Crippen molar-refractivity contribution in [2.75, 3.05) is 0 Å². The molecule has 0 heterocycles. The molecule has 0 aromatic heterocycles. The molecule has 0 amide bonds. The summed E-state index contributed by atoms with van der Waals surface area (Å²) in [7, 11) is 0. The van der Waals surface area contributed by atoms with Crippen molar-refractivity contribution >= 4 is 0 Å². The maximum atomic E-state index is 10.5. The summed E-state index contributed by atoms with van der Waals surface area (Å²) in [5.41, 5.74) is 4.22. The van der Waals surface area contributed by atoms with Crippen LogP contribution in [0.4, 0.5) is 0 Å². The van der Waals surface area contributed by atoms with Gasteiger partial charge in [0.15, 0.2) is 0 Å². The summed E-state index contributed by atoms with van der Waals surface area (Å²) in [4.78, 5) is 0. The molecular formula is C25H40O2. The van der Waals surface area contributed by atoms with Crippen LogP contribution in [-0.4, -0.2) is 10.2 Å². The van der Waals surface area contributed by atoms with E-state index >= 15 is 0 Å². The zero-order chi connectivity index (χ0) is 20.4. The SMILES string of the molecule is CCCCCCC(C)(C)c1cc(O)c(CC=C(C)CCC=C(C)C)c(O)c1. The largest absolute Gasteiger partial charge is 0.508 e. The Labute approximate surface area is 167 Å². The van der Waals surface area contributed by atoms with Gasteiger partial charge in [-0.05, 0) is 69.6 Å². The molecule has 152 valence electrons. The molecule has 0 spiro atoms. The van der Waals surface area contributed by atoms with Crippen LogP contribution in [0.1, 0.15) is 97.6 Å². The minimum Gasteiger partial charge on any atom is -0.508 e. The van der Waals surface area contributed by atoms with Crippen molar-refractivity contribution in [2.45, 2.75) is 98.3 Å². The Morgan fingerprint density at radius 1 is 0.963 bits per heavy atom. The molecular weight excluding hydrogens is 332 g/mol. The average Bonchev–Trinajstić information content (AvgIpc) is 2.57. The Morgan fingerprint density at radius 3 is 2.15 bits per heavy atom. The van der Waals surface area contributed by atoms with E-state index in [4.69, 9.17) is 0 Å². The van der Waals surface area contributed by atoms with E-state index in [-0.39, 0.29) is 16.9 Å². The Bertz CT molecular complexity index is 623. The fraction of sp³-hybridized carbons (Fsp3) is 0.600. The van der Waals surface area contributed by atoms with Gasteiger partial charge >= 0.3 is 0 Å². The molecule has 1 aromatic rings. The van der Waals surface area contributed by atoms with Crippen LogP contribution >= 0.6 is 0 Å². The standard InChI is InChI=1S/C25H40O2/c1-7-8-9-10-16-25(5,6)21-17-23(26)22(24(27)18-21)15-14-20(4)13-11-12-19(2)3/h12,14,17-18,26-27H,7-11,13,15-16H2,1-6H3. The zero-order valence-electron chi connectivity index (χ0n) is 18.4. The second-order valence-corrected chi connectivity index (χ2v) is 8.76. The Morgan fingerprint density at radius 2 is 1.59 bits per heavy atom. The van der Waals surface area contributed by atoms with Gasteiger partial charge in [-0.15, -0.1) is 0 Å². The van der Waals surface area contributed by atoms with E-state index in [1.54, 1.807) is 0 Å². The molecule has 0 atom stereocenters. The first kappa shape index (κ1) is 23.3. The van der Waals surface area contributed by atoms with Gasteiger partial charge in [0.25, 0.3) is 0 Å². The van der Waals surface area contributed by atoms with Gasteiger partial charge in [0.1, 0.15) is 11.5 Å². The molecule has 0 aliphatic rings. The third-order valence-corrected chi connectivity index (χ3v) is 5.39. The molecule has 2 N–H and O–H groups in total. The smallest absolute Gasteiger partial charge is 0.123 e. The molecule has 0 fully saturated rings. The first-order valence-electron chi connectivity index (χ1n) is 10.5. The lowest BCUT2D eigenvalue weighted by molar-refractivity contribution is 0.418. The van der Waals surface area contributed by atoms with Gasteiger partial charge in [-0.1, -0.05) is 69.8 Å². The van der Waals surface area contributed by atoms with Crippen LogP contribution in [0.15, 0.2) is 35.4 Å². The molecule has 1 aromatic carbocycles. The monoisotopic (exact) mass is 372 g/mol. The van der Waals surface area contributed by atoms with Crippen molar-refractivity contribution in [2.24, 2.45) is 0 Å². The highest BCUT2D eigenvalue weighted by atomic mass is 16.3. The van der Waals surface area contributed by atoms with Crippen molar-refractivity contribution in [3.8, 4) is 11.5 Å². The number of phenols is 2. The Hall–Kier alpha value is -1.70. The molecule has 2 nitrogen and oxygen atoms in total. The first-order valence-corrected chi connectivity index (χ1v) is 10.5. The number of aromatic hydroxyl groups is 2. The molecule has 0 aliphatic heterocycles. The molecule has 0 saturated carbocycles. The summed E-state index contributed by atoms with van der Waals surface area (Å²) in [6.45, 7) is 12.9. The van der Waals surface area contributed by atoms with Crippen LogP contribution in [0.3, 0.4) is 0 Å². The van der Waals surface area contributed by atoms with Crippen LogP contribution in [0.25, 0.3) is 0 Å². The molecule has 0 bridgehead atoms. The molecule has 0 aliphatic carbocycles. The lowest BCUT2D eigenvalue weighted by Crippen LogP contribution is -2.17. The van der Waals surface area contributed by atoms with E-state index in [2.05, 4.69) is 53.7 Å². The molecule has 0 saturated heterocycles. The fourth-order valence-corrected chi connectivity index (χ4v) is 3.35. The average molecular weight is 373 g/mol. The number of unbranched alkanes of at least 4 members (excludes halogenated alkanes) is 3. The van der Waals surface area contributed by atoms with Gasteiger partial charge in [0.05, 0.1) is 0 Å². The first-order chi connectivity index (χ1) is 12.7. The second-order valence-electron chi connectivity index (χ2n) is 8.76. The number of hydrogen-bond donors (Lipinski definition) is 2. The topological polar surface area (TPSA) is 40.5 Å². The molecule has 0 radical (unpaired) electrons. The number of phenolic OH excluding ortho intramolecular Hbond substituents is 2. The van der Waals surface area contributed by atoms with E-state index in [9.17, 15) is 10.2 Å². The van der Waals surface area contributed by atoms with Gasteiger partial charge in [-0.2, -0.15) is 0 Å². The van der Waals surface area contributed by atoms with Crippen LogP contribution in [0.5, 0.6) is 11.5 Å². The maximum absolute atomic E-state index is 10.5. The van der Waals surface area contributed by atoms with Crippen LogP contribution < -0.4 is 0 Å². The summed E-state index contributed by atoms with van der Waals surface area (Å²) in [6.07, 6.45) is 13.0. The van der Waals surface area contributed by atoms with E-state index in [0.29, 0.717) is 12.0 Å². The predicted molar refractivity (Wildman–Crippen MR) is 118 cm³/mol. The van der Waals surface area contributed by atoms with Crippen molar-refractivity contribution in [1.82, 2.24) is 0 Å². The molecule has 0 unspecified atom stereocenters. The van der Waals surface area contributed by atoms with Gasteiger partial charge in [0.2, 0.25) is 0 Å². The quantitative estimate of drug-likeness (QED) is 0.310. The van der Waals surface area contributed by atoms with Gasteiger partial charge in [-0.3, -0.25) is 0 Å². The summed E-state index contributed by atoms with van der Waals surface area (Å²) in [6, 6.07) is 3.70. The number of allylic oxidation sites excluding steroid dienone is 4. The number of rotatable bonds is 11. The van der Waals surface area contributed by atoms with E-state index in [1.165, 1.54) is 36.8 Å². The van der Waals surface area contributed by atoms with Crippen LogP contribution in [-0.2, 0) is 11.8 Å². The van der Waals surface area contributed by atoms with Crippen molar-refractivity contribution < 1.29 is 10.2 Å². The third-order valence-electron chi connectivity index (χ3n) is 5.39. The predicted octanol–water partition coefficient (Wildman–Crippen LogP) is 7.58. The maximum Gasteiger partial charge on any atom is 0.123 e. The molecule has 1 rings (SSSR count). The summed E-state index contributed by atoms with van der Waals surface area (Å²) < 4.78 is 0. The lowest BCUT2D eigenvalue weighted by atomic mass is 9.79. The highest BCUT2D eigenvalue weighted by Gasteiger charge is 2.23. The highest BCUT2D eigenvalue weighted by Crippen LogP contribution is 2.37. The second kappa shape index (κ2) is 11.2. The Kier molecular flexibility index (Phi) is 9.69. The number of benzene rings is 1. The number of hydrogen-bond acceptors (Lipinski definition) is 2. The minimum absolute atomic E-state index is 0.0443. The normalized spacial score (nSPS) is 12.3. The Balaban J connectivity index is 2.81. The van der Waals surface area contributed by atoms with Gasteiger partial charge in [0, 0.05) is 5.56 Å². The molecule has 27 heavy (non-hydrogen) atoms. The summed E-state index contributed by atoms with van der Waals surface area (Å²) in [5.74, 6) is 0.417. The lowest BCUT2D eigenvalue weighted by Gasteiger charge is -2.26. The summed E-state index contributed by atoms with van der Waals surface area (Å²) >= 11 is 0.